The fraction of sp³-hybridized carbons (Fsp3) is 0.953. The van der Waals surface area contributed by atoms with Crippen molar-refractivity contribution in [1.29, 1.82) is 0 Å². The summed E-state index contributed by atoms with van der Waals surface area (Å²) in [7, 11) is -9.92. The lowest BCUT2D eigenvalue weighted by atomic mass is 10.0. The number of ether oxygens (including phenoxy) is 4. The summed E-state index contributed by atoms with van der Waals surface area (Å²) >= 11 is 0. The van der Waals surface area contributed by atoms with Gasteiger partial charge in [-0.1, -0.05) is 413 Å². The largest absolute Gasteiger partial charge is 0.472 e. The van der Waals surface area contributed by atoms with Gasteiger partial charge >= 0.3 is 39.5 Å². The molecule has 0 saturated carbocycles. The number of phosphoric acid groups is 2. The zero-order valence-electron chi connectivity index (χ0n) is 68.0. The number of carbonyl (C=O) groups excluding carboxylic acids is 4. The third-order valence-electron chi connectivity index (χ3n) is 20.1. The maximum absolute atomic E-state index is 13.1. The van der Waals surface area contributed by atoms with Gasteiger partial charge in [0, 0.05) is 25.7 Å². The minimum absolute atomic E-state index is 0.108. The van der Waals surface area contributed by atoms with Crippen LogP contribution in [-0.4, -0.2) is 96.7 Å². The van der Waals surface area contributed by atoms with Gasteiger partial charge in [0.25, 0.3) is 0 Å². The Labute approximate surface area is 638 Å². The quantitative estimate of drug-likeness (QED) is 0.0222. The van der Waals surface area contributed by atoms with Gasteiger partial charge in [0.05, 0.1) is 26.4 Å². The fourth-order valence-electron chi connectivity index (χ4n) is 13.3. The predicted octanol–water partition coefficient (Wildman–Crippen LogP) is 26.1. The average Bonchev–Trinajstić information content (AvgIpc) is 0.910. The molecule has 0 aromatic rings. The van der Waals surface area contributed by atoms with Crippen LogP contribution >= 0.6 is 15.6 Å². The lowest BCUT2D eigenvalue weighted by molar-refractivity contribution is -0.161. The zero-order valence-corrected chi connectivity index (χ0v) is 69.8. The van der Waals surface area contributed by atoms with Crippen molar-refractivity contribution in [3.05, 3.63) is 0 Å². The molecule has 0 bridgehead atoms. The number of aliphatic hydroxyl groups is 1. The summed E-state index contributed by atoms with van der Waals surface area (Å²) in [6.45, 7) is 5.01. The second-order valence-electron chi connectivity index (χ2n) is 30.6. The normalized spacial score (nSPS) is 13.7. The van der Waals surface area contributed by atoms with Gasteiger partial charge in [0.1, 0.15) is 19.3 Å². The summed E-state index contributed by atoms with van der Waals surface area (Å²) in [5.41, 5.74) is 0. The van der Waals surface area contributed by atoms with Gasteiger partial charge in [0.2, 0.25) is 0 Å². The maximum Gasteiger partial charge on any atom is 0.472 e. The number of rotatable bonds is 86. The predicted molar refractivity (Wildman–Crippen MR) is 428 cm³/mol. The van der Waals surface area contributed by atoms with Crippen LogP contribution in [0.2, 0.25) is 0 Å². The summed E-state index contributed by atoms with van der Waals surface area (Å²) in [4.78, 5) is 73.0. The Hall–Kier alpha value is -1.94. The van der Waals surface area contributed by atoms with Crippen molar-refractivity contribution < 1.29 is 80.2 Å². The van der Waals surface area contributed by atoms with Crippen LogP contribution in [0.1, 0.15) is 464 Å². The average molecular weight is 1520 g/mol. The van der Waals surface area contributed by atoms with E-state index in [1.807, 2.05) is 0 Å². The number of hydrogen-bond acceptors (Lipinski definition) is 15. The van der Waals surface area contributed by atoms with Gasteiger partial charge < -0.3 is 33.8 Å². The monoisotopic (exact) mass is 1520 g/mol. The molecule has 0 saturated heterocycles. The maximum atomic E-state index is 13.1. The van der Waals surface area contributed by atoms with Gasteiger partial charge in [0.15, 0.2) is 12.2 Å². The van der Waals surface area contributed by atoms with Gasteiger partial charge in [-0.3, -0.25) is 37.3 Å². The summed E-state index contributed by atoms with van der Waals surface area (Å²) in [5, 5.41) is 10.6. The molecule has 0 heterocycles. The van der Waals surface area contributed by atoms with Crippen molar-refractivity contribution in [3.63, 3.8) is 0 Å². The minimum atomic E-state index is -4.96. The first kappa shape index (κ1) is 102. The van der Waals surface area contributed by atoms with E-state index in [0.717, 1.165) is 89.9 Å². The third-order valence-corrected chi connectivity index (χ3v) is 22.0. The van der Waals surface area contributed by atoms with Crippen LogP contribution in [0.3, 0.4) is 0 Å². The Morgan fingerprint density at radius 3 is 0.567 bits per heavy atom. The molecular weight excluding hydrogens is 1350 g/mol. The smallest absolute Gasteiger partial charge is 0.462 e. The molecule has 3 N–H and O–H groups in total. The number of unbranched alkanes of at least 4 members (excludes halogenated alkanes) is 60. The molecular formula is C85H166O17P2. The van der Waals surface area contributed by atoms with Crippen LogP contribution in [0, 0.1) is 0 Å². The van der Waals surface area contributed by atoms with E-state index in [9.17, 15) is 43.2 Å². The first-order chi connectivity index (χ1) is 50.7. The molecule has 0 radical (unpaired) electrons. The van der Waals surface area contributed by atoms with Crippen molar-refractivity contribution in [2.24, 2.45) is 0 Å². The zero-order chi connectivity index (χ0) is 76.0. The van der Waals surface area contributed by atoms with Gasteiger partial charge in [-0.2, -0.15) is 0 Å². The van der Waals surface area contributed by atoms with Crippen LogP contribution < -0.4 is 0 Å². The third kappa shape index (κ3) is 78.2. The molecule has 0 aromatic heterocycles. The Kier molecular flexibility index (Phi) is 77.7. The number of carbonyl (C=O) groups is 4. The molecule has 0 aliphatic carbocycles. The van der Waals surface area contributed by atoms with E-state index in [-0.39, 0.29) is 25.7 Å². The standard InChI is InChI=1S/C85H166O17P2/c1-5-9-13-17-21-25-28-31-33-35-37-39-41-43-45-47-50-53-56-60-64-68-72-85(90)102-81(76-96-83(88)70-66-62-58-54-51-49-46-44-42-40-38-36-34-32-29-26-22-18-14-10-6-2)78-100-104(93,94)98-74-79(86)73-97-103(91,92)99-77-80(75-95-82(87)69-65-61-57-24-20-16-12-8-4)101-84(89)71-67-63-59-55-52-48-30-27-23-19-15-11-7-3/h79-81,86H,5-78H2,1-4H3,(H,91,92)(H,93,94)/t79-,80+,81+/m0/s1. The topological polar surface area (TPSA) is 237 Å². The molecule has 0 aliphatic rings. The van der Waals surface area contributed by atoms with Crippen LogP contribution in [0.25, 0.3) is 0 Å². The van der Waals surface area contributed by atoms with E-state index in [4.69, 9.17) is 37.0 Å². The summed E-state index contributed by atoms with van der Waals surface area (Å²) in [6, 6.07) is 0. The molecule has 19 heteroatoms. The molecule has 2 unspecified atom stereocenters. The molecule has 5 atom stereocenters. The summed E-state index contributed by atoms with van der Waals surface area (Å²) < 4.78 is 68.7. The number of hydrogen-bond donors (Lipinski definition) is 3. The first-order valence-corrected chi connectivity index (χ1v) is 47.3. The minimum Gasteiger partial charge on any atom is -0.462 e. The van der Waals surface area contributed by atoms with Gasteiger partial charge in [-0.25, -0.2) is 9.13 Å². The highest BCUT2D eigenvalue weighted by molar-refractivity contribution is 7.47. The van der Waals surface area contributed by atoms with E-state index in [2.05, 4.69) is 27.7 Å². The lowest BCUT2D eigenvalue weighted by Gasteiger charge is -2.21. The van der Waals surface area contributed by atoms with Gasteiger partial charge in [-0.15, -0.1) is 0 Å². The Balaban J connectivity index is 5.16. The highest BCUT2D eigenvalue weighted by Gasteiger charge is 2.30. The molecule has 0 fully saturated rings. The Morgan fingerprint density at radius 1 is 0.231 bits per heavy atom. The Morgan fingerprint density at radius 2 is 0.385 bits per heavy atom. The SMILES string of the molecule is CCCCCCCCCCCCCCCCCCCCCCCCC(=O)O[C@H](COC(=O)CCCCCCCCCCCCCCCCCCCCCCC)COP(=O)(O)OC[C@@H](O)COP(=O)(O)OC[C@@H](COC(=O)CCCCCCCCCC)OC(=O)CCCCCCCCCCCCCCC. The molecule has 0 rings (SSSR count). The molecule has 0 amide bonds. The van der Waals surface area contributed by atoms with Crippen LogP contribution in [0.5, 0.6) is 0 Å². The number of esters is 4. The van der Waals surface area contributed by atoms with E-state index >= 15 is 0 Å². The highest BCUT2D eigenvalue weighted by atomic mass is 31.2. The van der Waals surface area contributed by atoms with Crippen LogP contribution in [-0.2, 0) is 65.4 Å². The molecule has 17 nitrogen and oxygen atoms in total. The van der Waals surface area contributed by atoms with Crippen LogP contribution in [0.4, 0.5) is 0 Å². The second-order valence-corrected chi connectivity index (χ2v) is 33.5. The second kappa shape index (κ2) is 79.2. The van der Waals surface area contributed by atoms with Crippen molar-refractivity contribution in [2.45, 2.75) is 483 Å². The van der Waals surface area contributed by atoms with Crippen molar-refractivity contribution in [1.82, 2.24) is 0 Å². The molecule has 0 aromatic carbocycles. The van der Waals surface area contributed by atoms with E-state index in [1.54, 1.807) is 0 Å². The molecule has 0 aliphatic heterocycles. The number of phosphoric ester groups is 2. The molecule has 0 spiro atoms. The van der Waals surface area contributed by atoms with E-state index < -0.39 is 97.5 Å². The summed E-state index contributed by atoms with van der Waals surface area (Å²) in [5.74, 6) is -2.10. The molecule has 618 valence electrons. The van der Waals surface area contributed by atoms with Crippen molar-refractivity contribution >= 4 is 39.5 Å². The molecule has 104 heavy (non-hydrogen) atoms. The lowest BCUT2D eigenvalue weighted by Crippen LogP contribution is -2.30. The Bertz CT molecular complexity index is 1960. The van der Waals surface area contributed by atoms with Crippen LogP contribution in [0.15, 0.2) is 0 Å². The van der Waals surface area contributed by atoms with Crippen molar-refractivity contribution in [2.75, 3.05) is 39.6 Å². The van der Waals surface area contributed by atoms with Gasteiger partial charge in [-0.05, 0) is 25.7 Å². The highest BCUT2D eigenvalue weighted by Crippen LogP contribution is 2.45. The fourth-order valence-corrected chi connectivity index (χ4v) is 14.9. The van der Waals surface area contributed by atoms with E-state index in [0.29, 0.717) is 25.7 Å². The van der Waals surface area contributed by atoms with Crippen molar-refractivity contribution in [3.8, 4) is 0 Å². The first-order valence-electron chi connectivity index (χ1n) is 44.3. The summed E-state index contributed by atoms with van der Waals surface area (Å²) in [6.07, 6.45) is 73.9. The van der Waals surface area contributed by atoms with E-state index in [1.165, 1.54) is 295 Å². The number of aliphatic hydroxyl groups excluding tert-OH is 1.